The molecule has 0 aliphatic carbocycles. The Balaban J connectivity index is 2.17. The Morgan fingerprint density at radius 3 is 2.89 bits per heavy atom. The van der Waals surface area contributed by atoms with Crippen molar-refractivity contribution < 1.29 is 14.6 Å². The summed E-state index contributed by atoms with van der Waals surface area (Å²) in [5, 5.41) is 12.5. The maximum atomic E-state index is 12.3. The summed E-state index contributed by atoms with van der Waals surface area (Å²) in [5.41, 5.74) is 6.55. The SMILES string of the molecule is Cc1ncc(N)cc1C(=O)NC1(CO)CCOCC1. The van der Waals surface area contributed by atoms with Crippen molar-refractivity contribution in [3.05, 3.63) is 23.5 Å². The molecule has 0 radical (unpaired) electrons. The number of carbonyl (C=O) groups is 1. The second-order valence-corrected chi connectivity index (χ2v) is 4.91. The van der Waals surface area contributed by atoms with Crippen LogP contribution in [0.2, 0.25) is 0 Å². The van der Waals surface area contributed by atoms with Crippen LogP contribution in [0.15, 0.2) is 12.3 Å². The molecule has 2 heterocycles. The third-order valence-corrected chi connectivity index (χ3v) is 3.48. The van der Waals surface area contributed by atoms with Gasteiger partial charge in [0.25, 0.3) is 5.91 Å². The number of pyridine rings is 1. The minimum atomic E-state index is -0.605. The molecule has 0 spiro atoms. The van der Waals surface area contributed by atoms with E-state index in [9.17, 15) is 9.90 Å². The fourth-order valence-corrected chi connectivity index (χ4v) is 2.17. The van der Waals surface area contributed by atoms with Gasteiger partial charge in [-0.1, -0.05) is 0 Å². The molecule has 1 aromatic heterocycles. The predicted octanol–water partition coefficient (Wildman–Crippen LogP) is 0.244. The van der Waals surface area contributed by atoms with Gasteiger partial charge in [0.2, 0.25) is 0 Å². The van der Waals surface area contributed by atoms with E-state index in [1.807, 2.05) is 0 Å². The van der Waals surface area contributed by atoms with Gasteiger partial charge in [0.1, 0.15) is 0 Å². The number of rotatable bonds is 3. The number of amides is 1. The van der Waals surface area contributed by atoms with Crippen LogP contribution in [0.3, 0.4) is 0 Å². The van der Waals surface area contributed by atoms with Crippen LogP contribution in [-0.2, 0) is 4.74 Å². The third kappa shape index (κ3) is 3.02. The van der Waals surface area contributed by atoms with E-state index >= 15 is 0 Å². The molecule has 0 saturated carbocycles. The lowest BCUT2D eigenvalue weighted by Gasteiger charge is -2.36. The number of anilines is 1. The molecule has 0 atom stereocenters. The van der Waals surface area contributed by atoms with E-state index in [0.29, 0.717) is 43.0 Å². The van der Waals surface area contributed by atoms with Gasteiger partial charge in [0.15, 0.2) is 0 Å². The summed E-state index contributed by atoms with van der Waals surface area (Å²) in [6.45, 7) is 2.73. The Labute approximate surface area is 112 Å². The van der Waals surface area contributed by atoms with E-state index in [1.165, 1.54) is 6.20 Å². The van der Waals surface area contributed by atoms with Gasteiger partial charge in [-0.25, -0.2) is 0 Å². The molecule has 104 valence electrons. The van der Waals surface area contributed by atoms with Crippen molar-refractivity contribution in [3.63, 3.8) is 0 Å². The summed E-state index contributed by atoms with van der Waals surface area (Å²) in [6.07, 6.45) is 2.72. The zero-order valence-corrected chi connectivity index (χ0v) is 11.0. The van der Waals surface area contributed by atoms with E-state index in [-0.39, 0.29) is 12.5 Å². The highest BCUT2D eigenvalue weighted by atomic mass is 16.5. The summed E-state index contributed by atoms with van der Waals surface area (Å²) in [7, 11) is 0. The molecular formula is C13H19N3O3. The van der Waals surface area contributed by atoms with Crippen LogP contribution in [0.5, 0.6) is 0 Å². The zero-order valence-electron chi connectivity index (χ0n) is 11.0. The zero-order chi connectivity index (χ0) is 13.9. The fourth-order valence-electron chi connectivity index (χ4n) is 2.17. The van der Waals surface area contributed by atoms with Crippen molar-refractivity contribution in [3.8, 4) is 0 Å². The number of hydrogen-bond donors (Lipinski definition) is 3. The van der Waals surface area contributed by atoms with Crippen LogP contribution in [0, 0.1) is 6.92 Å². The average Bonchev–Trinajstić information content (AvgIpc) is 2.42. The van der Waals surface area contributed by atoms with Crippen LogP contribution in [0.25, 0.3) is 0 Å². The average molecular weight is 265 g/mol. The summed E-state index contributed by atoms with van der Waals surface area (Å²) < 4.78 is 5.26. The number of nitrogens with two attached hydrogens (primary N) is 1. The number of aliphatic hydroxyl groups is 1. The normalized spacial score (nSPS) is 18.0. The first-order valence-electron chi connectivity index (χ1n) is 6.29. The van der Waals surface area contributed by atoms with Gasteiger partial charge < -0.3 is 20.9 Å². The number of aryl methyl sites for hydroxylation is 1. The minimum absolute atomic E-state index is 0.100. The second kappa shape index (κ2) is 5.54. The summed E-state index contributed by atoms with van der Waals surface area (Å²) in [4.78, 5) is 16.4. The molecule has 6 heteroatoms. The second-order valence-electron chi connectivity index (χ2n) is 4.91. The molecule has 2 rings (SSSR count). The Morgan fingerprint density at radius 2 is 2.26 bits per heavy atom. The highest BCUT2D eigenvalue weighted by molar-refractivity contribution is 5.96. The highest BCUT2D eigenvalue weighted by Crippen LogP contribution is 2.21. The number of ether oxygens (including phenoxy) is 1. The van der Waals surface area contributed by atoms with Gasteiger partial charge in [-0.05, 0) is 25.8 Å². The van der Waals surface area contributed by atoms with Crippen molar-refractivity contribution >= 4 is 11.6 Å². The predicted molar refractivity (Wildman–Crippen MR) is 70.7 cm³/mol. The fraction of sp³-hybridized carbons (Fsp3) is 0.538. The van der Waals surface area contributed by atoms with Gasteiger partial charge in [0.05, 0.1) is 35.3 Å². The summed E-state index contributed by atoms with van der Waals surface area (Å²) in [5.74, 6) is -0.256. The van der Waals surface area contributed by atoms with Gasteiger partial charge in [0, 0.05) is 13.2 Å². The van der Waals surface area contributed by atoms with E-state index in [0.717, 1.165) is 0 Å². The number of carbonyl (C=O) groups excluding carboxylic acids is 1. The first kappa shape index (κ1) is 13.8. The number of aromatic nitrogens is 1. The number of nitrogens with one attached hydrogen (secondary N) is 1. The molecule has 0 aromatic carbocycles. The Morgan fingerprint density at radius 1 is 1.58 bits per heavy atom. The third-order valence-electron chi connectivity index (χ3n) is 3.48. The number of nitrogen functional groups attached to an aromatic ring is 1. The largest absolute Gasteiger partial charge is 0.397 e. The molecule has 19 heavy (non-hydrogen) atoms. The molecule has 1 aromatic rings. The molecule has 1 fully saturated rings. The first-order chi connectivity index (χ1) is 9.06. The van der Waals surface area contributed by atoms with E-state index < -0.39 is 5.54 Å². The quantitative estimate of drug-likeness (QED) is 0.727. The molecule has 4 N–H and O–H groups in total. The van der Waals surface area contributed by atoms with Gasteiger partial charge in [-0.3, -0.25) is 9.78 Å². The smallest absolute Gasteiger partial charge is 0.253 e. The van der Waals surface area contributed by atoms with E-state index in [1.54, 1.807) is 13.0 Å². The summed E-state index contributed by atoms with van der Waals surface area (Å²) >= 11 is 0. The Hall–Kier alpha value is -1.66. The molecular weight excluding hydrogens is 246 g/mol. The van der Waals surface area contributed by atoms with Crippen LogP contribution < -0.4 is 11.1 Å². The maximum Gasteiger partial charge on any atom is 0.253 e. The molecule has 1 aliphatic heterocycles. The van der Waals surface area contributed by atoms with Crippen molar-refractivity contribution in [2.24, 2.45) is 0 Å². The Bertz CT molecular complexity index is 470. The monoisotopic (exact) mass is 265 g/mol. The van der Waals surface area contributed by atoms with Crippen molar-refractivity contribution in [2.45, 2.75) is 25.3 Å². The van der Waals surface area contributed by atoms with Crippen LogP contribution in [-0.4, -0.2) is 41.4 Å². The van der Waals surface area contributed by atoms with Crippen molar-refractivity contribution in [2.75, 3.05) is 25.6 Å². The number of hydrogen-bond acceptors (Lipinski definition) is 5. The number of aliphatic hydroxyl groups excluding tert-OH is 1. The van der Waals surface area contributed by atoms with Crippen LogP contribution in [0.1, 0.15) is 28.9 Å². The van der Waals surface area contributed by atoms with Crippen molar-refractivity contribution in [1.29, 1.82) is 0 Å². The molecule has 0 bridgehead atoms. The minimum Gasteiger partial charge on any atom is -0.397 e. The van der Waals surface area contributed by atoms with E-state index in [4.69, 9.17) is 10.5 Å². The maximum absolute atomic E-state index is 12.3. The standard InChI is InChI=1S/C13H19N3O3/c1-9-11(6-10(14)7-15-9)12(18)16-13(8-17)2-4-19-5-3-13/h6-7,17H,2-5,8,14H2,1H3,(H,16,18). The molecule has 0 unspecified atom stereocenters. The van der Waals surface area contributed by atoms with Crippen LogP contribution in [0.4, 0.5) is 5.69 Å². The van der Waals surface area contributed by atoms with Gasteiger partial charge >= 0.3 is 0 Å². The first-order valence-corrected chi connectivity index (χ1v) is 6.29. The topological polar surface area (TPSA) is 97.5 Å². The van der Waals surface area contributed by atoms with E-state index in [2.05, 4.69) is 10.3 Å². The molecule has 6 nitrogen and oxygen atoms in total. The molecule has 1 saturated heterocycles. The summed E-state index contributed by atoms with van der Waals surface area (Å²) in [6, 6.07) is 1.60. The lowest BCUT2D eigenvalue weighted by atomic mass is 9.90. The van der Waals surface area contributed by atoms with Crippen LogP contribution >= 0.6 is 0 Å². The van der Waals surface area contributed by atoms with Crippen molar-refractivity contribution in [1.82, 2.24) is 10.3 Å². The molecule has 1 aliphatic rings. The lowest BCUT2D eigenvalue weighted by Crippen LogP contribution is -2.54. The highest BCUT2D eigenvalue weighted by Gasteiger charge is 2.34. The number of nitrogens with zero attached hydrogens (tertiary/aromatic N) is 1. The van der Waals surface area contributed by atoms with Gasteiger partial charge in [-0.2, -0.15) is 0 Å². The lowest BCUT2D eigenvalue weighted by molar-refractivity contribution is 0.0125. The molecule has 1 amide bonds. The van der Waals surface area contributed by atoms with Gasteiger partial charge in [-0.15, -0.1) is 0 Å². The Kier molecular flexibility index (Phi) is 4.01.